The van der Waals surface area contributed by atoms with E-state index in [-0.39, 0.29) is 29.1 Å². The second-order valence-corrected chi connectivity index (χ2v) is 10.8. The van der Waals surface area contributed by atoms with Gasteiger partial charge < -0.3 is 9.64 Å². The van der Waals surface area contributed by atoms with E-state index in [1.165, 1.54) is 4.68 Å². The van der Waals surface area contributed by atoms with Gasteiger partial charge in [-0.25, -0.2) is 24.4 Å². The normalized spacial score (nSPS) is 20.0. The van der Waals surface area contributed by atoms with Crippen LogP contribution in [0, 0.1) is 0 Å². The highest BCUT2D eigenvalue weighted by atomic mass is 35.5. The summed E-state index contributed by atoms with van der Waals surface area (Å²) in [7, 11) is 0. The summed E-state index contributed by atoms with van der Waals surface area (Å²) in [6.07, 6.45) is 2.66. The summed E-state index contributed by atoms with van der Waals surface area (Å²) in [4.78, 5) is 28.9. The topological polar surface area (TPSA) is 89.3 Å². The van der Waals surface area contributed by atoms with Gasteiger partial charge in [0, 0.05) is 44.0 Å². The SMILES string of the molecule is CCc1cc(-n2nc(N3CC4CC(C3)N4C(=O)OC(C)(C)C)c3cnc(Cl)cc32)nc(C(C)(F)F)n1. The third kappa shape index (κ3) is 4.44. The Morgan fingerprint density at radius 3 is 2.47 bits per heavy atom. The molecule has 0 aliphatic carbocycles. The van der Waals surface area contributed by atoms with E-state index < -0.39 is 17.3 Å². The van der Waals surface area contributed by atoms with Gasteiger partial charge in [-0.05, 0) is 33.6 Å². The van der Waals surface area contributed by atoms with Crippen molar-refractivity contribution in [2.45, 2.75) is 71.1 Å². The fraction of sp³-hybridized carbons (Fsp3) is 0.542. The van der Waals surface area contributed by atoms with Gasteiger partial charge in [0.25, 0.3) is 0 Å². The van der Waals surface area contributed by atoms with Crippen molar-refractivity contribution in [2.24, 2.45) is 0 Å². The Kier molecular flexibility index (Phi) is 5.81. The van der Waals surface area contributed by atoms with E-state index in [9.17, 15) is 13.6 Å². The second kappa shape index (κ2) is 8.50. The molecule has 12 heteroatoms. The number of halogens is 3. The van der Waals surface area contributed by atoms with Crippen molar-refractivity contribution >= 4 is 34.4 Å². The molecule has 3 aliphatic heterocycles. The van der Waals surface area contributed by atoms with Crippen molar-refractivity contribution in [3.63, 3.8) is 0 Å². The van der Waals surface area contributed by atoms with Crippen LogP contribution in [0.25, 0.3) is 16.7 Å². The zero-order valence-electron chi connectivity index (χ0n) is 20.8. The zero-order valence-corrected chi connectivity index (χ0v) is 21.6. The highest BCUT2D eigenvalue weighted by Crippen LogP contribution is 2.38. The molecule has 3 aliphatic rings. The summed E-state index contributed by atoms with van der Waals surface area (Å²) in [6.45, 7) is 9.28. The molecule has 0 saturated carbocycles. The number of nitrogens with zero attached hydrogens (tertiary/aromatic N) is 7. The number of ether oxygens (including phenoxy) is 1. The third-order valence-electron chi connectivity index (χ3n) is 6.35. The average Bonchev–Trinajstić information content (AvgIpc) is 3.15. The highest BCUT2D eigenvalue weighted by Gasteiger charge is 2.49. The molecule has 1 amide bonds. The van der Waals surface area contributed by atoms with Crippen molar-refractivity contribution in [3.8, 4) is 5.82 Å². The maximum absolute atomic E-state index is 14.2. The first-order valence-electron chi connectivity index (χ1n) is 11.9. The van der Waals surface area contributed by atoms with E-state index in [1.807, 2.05) is 27.7 Å². The number of pyridine rings is 1. The van der Waals surface area contributed by atoms with Crippen LogP contribution in [0.5, 0.6) is 0 Å². The standard InChI is InChI=1S/C24H28ClF2N7O2/c1-6-13-7-19(30-21(29-13)24(5,26)27)34-17-9-18(25)28-10-16(17)20(31-34)32-11-14-8-15(12-32)33(14)22(35)36-23(2,3)4/h7,9-10,14-15H,6,8,11-12H2,1-5H3. The van der Waals surface area contributed by atoms with Crippen LogP contribution in [0.2, 0.25) is 5.15 Å². The van der Waals surface area contributed by atoms with Crippen LogP contribution in [0.15, 0.2) is 18.3 Å². The molecule has 36 heavy (non-hydrogen) atoms. The van der Waals surface area contributed by atoms with Crippen LogP contribution in [0.4, 0.5) is 19.4 Å². The second-order valence-electron chi connectivity index (χ2n) is 10.4. The summed E-state index contributed by atoms with van der Waals surface area (Å²) in [6, 6.07) is 3.28. The number of aryl methyl sites for hydroxylation is 1. The van der Waals surface area contributed by atoms with Gasteiger partial charge in [-0.15, -0.1) is 5.10 Å². The predicted octanol–water partition coefficient (Wildman–Crippen LogP) is 4.74. The number of carbonyl (C=O) groups is 1. The minimum absolute atomic E-state index is 0.00445. The first-order valence-corrected chi connectivity index (χ1v) is 12.3. The summed E-state index contributed by atoms with van der Waals surface area (Å²) in [5.41, 5.74) is 0.511. The minimum Gasteiger partial charge on any atom is -0.444 e. The van der Waals surface area contributed by atoms with Crippen LogP contribution >= 0.6 is 11.6 Å². The van der Waals surface area contributed by atoms with Gasteiger partial charge in [0.05, 0.1) is 23.0 Å². The molecule has 0 aromatic carbocycles. The molecular formula is C24H28ClF2N7O2. The molecule has 6 rings (SSSR count). The molecule has 3 aromatic heterocycles. The Morgan fingerprint density at radius 2 is 1.86 bits per heavy atom. The Morgan fingerprint density at radius 1 is 1.17 bits per heavy atom. The number of alkyl halides is 2. The Labute approximate surface area is 212 Å². The molecule has 3 aromatic rings. The number of fused-ring (bicyclic) bond motifs is 3. The molecule has 2 atom stereocenters. The summed E-state index contributed by atoms with van der Waals surface area (Å²) < 4.78 is 35.4. The molecule has 9 nitrogen and oxygen atoms in total. The molecule has 6 heterocycles. The number of piperazine rings is 1. The van der Waals surface area contributed by atoms with Crippen molar-refractivity contribution in [1.29, 1.82) is 0 Å². The predicted molar refractivity (Wildman–Crippen MR) is 131 cm³/mol. The maximum Gasteiger partial charge on any atom is 0.410 e. The summed E-state index contributed by atoms with van der Waals surface area (Å²) in [5.74, 6) is -2.90. The van der Waals surface area contributed by atoms with E-state index in [1.54, 1.807) is 23.2 Å². The van der Waals surface area contributed by atoms with Crippen LogP contribution < -0.4 is 4.90 Å². The van der Waals surface area contributed by atoms with E-state index in [0.29, 0.717) is 41.9 Å². The van der Waals surface area contributed by atoms with Crippen molar-refractivity contribution in [3.05, 3.63) is 35.0 Å². The smallest absolute Gasteiger partial charge is 0.410 e. The van der Waals surface area contributed by atoms with Crippen molar-refractivity contribution in [1.82, 2.24) is 29.6 Å². The highest BCUT2D eigenvalue weighted by molar-refractivity contribution is 6.30. The van der Waals surface area contributed by atoms with Crippen LogP contribution in [-0.2, 0) is 17.1 Å². The zero-order chi connectivity index (χ0) is 26.0. The van der Waals surface area contributed by atoms with Gasteiger partial charge in [-0.3, -0.25) is 4.90 Å². The van der Waals surface area contributed by atoms with Crippen LogP contribution in [0.1, 0.15) is 52.6 Å². The molecule has 2 bridgehead atoms. The van der Waals surface area contributed by atoms with Gasteiger partial charge in [0.15, 0.2) is 11.6 Å². The van der Waals surface area contributed by atoms with Crippen LogP contribution in [0.3, 0.4) is 0 Å². The first kappa shape index (κ1) is 24.6. The largest absolute Gasteiger partial charge is 0.444 e. The fourth-order valence-electron chi connectivity index (χ4n) is 4.74. The number of rotatable bonds is 4. The van der Waals surface area contributed by atoms with E-state index >= 15 is 0 Å². The number of piperidine rings is 1. The minimum atomic E-state index is -3.20. The number of hydrogen-bond acceptors (Lipinski definition) is 7. The summed E-state index contributed by atoms with van der Waals surface area (Å²) >= 11 is 6.20. The van der Waals surface area contributed by atoms with Gasteiger partial charge in [0.2, 0.25) is 5.82 Å². The number of aromatic nitrogens is 5. The number of amides is 1. The number of carbonyl (C=O) groups excluding carboxylic acids is 1. The maximum atomic E-state index is 14.2. The Hall–Kier alpha value is -3.08. The lowest BCUT2D eigenvalue weighted by Crippen LogP contribution is -2.70. The van der Waals surface area contributed by atoms with Crippen molar-refractivity contribution < 1.29 is 18.3 Å². The van der Waals surface area contributed by atoms with E-state index in [2.05, 4.69) is 19.9 Å². The molecule has 0 radical (unpaired) electrons. The molecule has 2 unspecified atom stereocenters. The van der Waals surface area contributed by atoms with E-state index in [4.69, 9.17) is 21.4 Å². The van der Waals surface area contributed by atoms with Gasteiger partial charge in [-0.2, -0.15) is 8.78 Å². The molecule has 3 fully saturated rings. The third-order valence-corrected chi connectivity index (χ3v) is 6.55. The average molecular weight is 520 g/mol. The fourth-order valence-corrected chi connectivity index (χ4v) is 4.89. The summed E-state index contributed by atoms with van der Waals surface area (Å²) in [5, 5.41) is 5.74. The monoisotopic (exact) mass is 519 g/mol. The van der Waals surface area contributed by atoms with Crippen molar-refractivity contribution in [2.75, 3.05) is 18.0 Å². The molecule has 0 spiro atoms. The van der Waals surface area contributed by atoms with Gasteiger partial charge >= 0.3 is 12.0 Å². The first-order chi connectivity index (χ1) is 16.8. The Balaban J connectivity index is 1.52. The van der Waals surface area contributed by atoms with Gasteiger partial charge in [0.1, 0.15) is 10.8 Å². The molecule has 192 valence electrons. The molecule has 0 N–H and O–H groups in total. The lowest BCUT2D eigenvalue weighted by atomic mass is 9.88. The van der Waals surface area contributed by atoms with Gasteiger partial charge in [-0.1, -0.05) is 18.5 Å². The lowest BCUT2D eigenvalue weighted by molar-refractivity contribution is -0.0380. The Bertz CT molecular complexity index is 1320. The van der Waals surface area contributed by atoms with E-state index in [0.717, 1.165) is 13.3 Å². The lowest BCUT2D eigenvalue weighted by Gasteiger charge is -2.55. The molecular weight excluding hydrogens is 492 g/mol. The molecule has 3 saturated heterocycles. The quantitative estimate of drug-likeness (QED) is 0.460. The number of anilines is 1. The number of hydrogen-bond donors (Lipinski definition) is 0. The van der Waals surface area contributed by atoms with Crippen LogP contribution in [-0.4, -0.2) is 66.5 Å².